The molecule has 1 aliphatic carbocycles. The number of ether oxygens (including phenoxy) is 1. The molecule has 1 fully saturated rings. The number of nitrogens with one attached hydrogen (secondary N) is 1. The number of hydrogen-bond acceptors (Lipinski definition) is 7. The molecule has 4 rings (SSSR count). The van der Waals surface area contributed by atoms with Crippen LogP contribution in [0.5, 0.6) is 0 Å². The fourth-order valence-electron chi connectivity index (χ4n) is 3.06. The van der Waals surface area contributed by atoms with Crippen LogP contribution in [0.3, 0.4) is 0 Å². The minimum Gasteiger partial charge on any atom is -0.449 e. The average molecular weight is 390 g/mol. The van der Waals surface area contributed by atoms with E-state index in [0.717, 1.165) is 18.5 Å². The molecule has 1 saturated carbocycles. The third-order valence-corrected chi connectivity index (χ3v) is 4.81. The van der Waals surface area contributed by atoms with Crippen molar-refractivity contribution >= 4 is 28.7 Å². The molecule has 146 valence electrons. The number of nitriles is 1. The molecule has 1 N–H and O–H groups in total. The van der Waals surface area contributed by atoms with Gasteiger partial charge in [-0.3, -0.25) is 4.79 Å². The Kier molecular flexibility index (Phi) is 4.72. The second kappa shape index (κ2) is 7.36. The molecular weight excluding hydrogens is 372 g/mol. The number of carbonyl (C=O) groups is 2. The number of carbonyl (C=O) groups excluding carboxylic acids is 2. The van der Waals surface area contributed by atoms with Crippen LogP contribution < -0.4 is 5.32 Å². The highest BCUT2D eigenvalue weighted by Gasteiger charge is 2.30. The Labute approximate surface area is 166 Å². The molecule has 0 saturated heterocycles. The fourth-order valence-corrected chi connectivity index (χ4v) is 3.06. The summed E-state index contributed by atoms with van der Waals surface area (Å²) in [7, 11) is 0. The van der Waals surface area contributed by atoms with Gasteiger partial charge in [0.2, 0.25) is 0 Å². The molecule has 1 aromatic carbocycles. The summed E-state index contributed by atoms with van der Waals surface area (Å²) in [5.74, 6) is -0.878. The van der Waals surface area contributed by atoms with Crippen molar-refractivity contribution in [1.82, 2.24) is 10.1 Å². The van der Waals surface area contributed by atoms with Crippen molar-refractivity contribution in [3.8, 4) is 6.07 Å². The number of rotatable bonds is 5. The van der Waals surface area contributed by atoms with Gasteiger partial charge >= 0.3 is 5.97 Å². The third kappa shape index (κ3) is 3.67. The zero-order valence-corrected chi connectivity index (χ0v) is 15.9. The van der Waals surface area contributed by atoms with Crippen molar-refractivity contribution in [2.24, 2.45) is 0 Å². The topological polar surface area (TPSA) is 118 Å². The van der Waals surface area contributed by atoms with E-state index in [1.165, 1.54) is 6.92 Å². The Morgan fingerprint density at radius 1 is 1.34 bits per heavy atom. The smallest absolute Gasteiger partial charge is 0.339 e. The van der Waals surface area contributed by atoms with Gasteiger partial charge < -0.3 is 14.6 Å². The van der Waals surface area contributed by atoms with Gasteiger partial charge in [-0.15, -0.1) is 0 Å². The molecule has 8 heteroatoms. The number of nitrogens with zero attached hydrogens (tertiary/aromatic N) is 3. The summed E-state index contributed by atoms with van der Waals surface area (Å²) < 4.78 is 10.6. The molecule has 2 heterocycles. The predicted molar refractivity (Wildman–Crippen MR) is 103 cm³/mol. The van der Waals surface area contributed by atoms with Crippen LogP contribution >= 0.6 is 0 Å². The van der Waals surface area contributed by atoms with Crippen molar-refractivity contribution in [2.45, 2.75) is 38.7 Å². The molecular formula is C21H18N4O4. The quantitative estimate of drug-likeness (QED) is 0.663. The fraction of sp³-hybridized carbons (Fsp3) is 0.286. The molecule has 0 radical (unpaired) electrons. The Bertz CT molecular complexity index is 1160. The second-order valence-electron chi connectivity index (χ2n) is 7.01. The van der Waals surface area contributed by atoms with Gasteiger partial charge in [-0.2, -0.15) is 5.26 Å². The van der Waals surface area contributed by atoms with Crippen LogP contribution in [-0.4, -0.2) is 28.1 Å². The van der Waals surface area contributed by atoms with E-state index in [1.807, 2.05) is 6.07 Å². The molecule has 8 nitrogen and oxygen atoms in total. The van der Waals surface area contributed by atoms with Gasteiger partial charge in [0, 0.05) is 11.6 Å². The summed E-state index contributed by atoms with van der Waals surface area (Å²) in [5, 5.41) is 16.1. The van der Waals surface area contributed by atoms with E-state index in [4.69, 9.17) is 14.5 Å². The summed E-state index contributed by atoms with van der Waals surface area (Å²) in [6.45, 7) is 3.19. The average Bonchev–Trinajstić information content (AvgIpc) is 3.51. The van der Waals surface area contributed by atoms with E-state index < -0.39 is 18.0 Å². The van der Waals surface area contributed by atoms with E-state index in [1.54, 1.807) is 37.3 Å². The van der Waals surface area contributed by atoms with Gasteiger partial charge in [0.15, 0.2) is 6.10 Å². The van der Waals surface area contributed by atoms with E-state index in [2.05, 4.69) is 15.5 Å². The number of fused-ring (bicyclic) bond motifs is 1. The van der Waals surface area contributed by atoms with Gasteiger partial charge in [-0.05, 0) is 44.9 Å². The molecule has 1 amide bonds. The monoisotopic (exact) mass is 390 g/mol. The first-order chi connectivity index (χ1) is 14.0. The van der Waals surface area contributed by atoms with Crippen molar-refractivity contribution in [2.75, 3.05) is 5.32 Å². The number of benzene rings is 1. The number of anilines is 1. The Hall–Kier alpha value is -3.73. The van der Waals surface area contributed by atoms with Crippen LogP contribution in [0.25, 0.3) is 11.1 Å². The highest BCUT2D eigenvalue weighted by atomic mass is 16.5. The lowest BCUT2D eigenvalue weighted by Gasteiger charge is -2.15. The molecule has 1 atom stereocenters. The van der Waals surface area contributed by atoms with E-state index in [0.29, 0.717) is 34.0 Å². The van der Waals surface area contributed by atoms with Gasteiger partial charge in [0.05, 0.1) is 27.9 Å². The number of aryl methyl sites for hydroxylation is 1. The van der Waals surface area contributed by atoms with Crippen LogP contribution in [0.4, 0.5) is 5.69 Å². The molecule has 29 heavy (non-hydrogen) atoms. The van der Waals surface area contributed by atoms with Crippen molar-refractivity contribution in [3.63, 3.8) is 0 Å². The zero-order chi connectivity index (χ0) is 20.5. The lowest BCUT2D eigenvalue weighted by molar-refractivity contribution is -0.123. The second-order valence-corrected chi connectivity index (χ2v) is 7.01. The lowest BCUT2D eigenvalue weighted by atomic mass is 10.1. The number of hydrogen-bond donors (Lipinski definition) is 1. The van der Waals surface area contributed by atoms with Crippen LogP contribution in [-0.2, 0) is 9.53 Å². The van der Waals surface area contributed by atoms with Crippen LogP contribution in [0.2, 0.25) is 0 Å². The highest BCUT2D eigenvalue weighted by Crippen LogP contribution is 2.40. The Morgan fingerprint density at radius 2 is 2.10 bits per heavy atom. The minimum atomic E-state index is -1.07. The third-order valence-electron chi connectivity index (χ3n) is 4.81. The van der Waals surface area contributed by atoms with Gasteiger partial charge in [0.25, 0.3) is 11.6 Å². The van der Waals surface area contributed by atoms with Crippen molar-refractivity contribution in [3.05, 3.63) is 52.8 Å². The number of esters is 1. The summed E-state index contributed by atoms with van der Waals surface area (Å²) in [5.41, 5.74) is 2.55. The maximum atomic E-state index is 12.8. The van der Waals surface area contributed by atoms with Crippen molar-refractivity contribution < 1.29 is 18.8 Å². The normalized spacial score (nSPS) is 14.2. The molecule has 1 unspecified atom stereocenters. The highest BCUT2D eigenvalue weighted by molar-refractivity contribution is 6.05. The molecule has 0 bridgehead atoms. The molecule has 0 spiro atoms. The SMILES string of the molecule is Cc1noc2nc(C3CC3)cc(C(=O)OC(C)C(=O)Nc3ccccc3C#N)c12. The van der Waals surface area contributed by atoms with Gasteiger partial charge in [-0.25, -0.2) is 9.78 Å². The Morgan fingerprint density at radius 3 is 2.83 bits per heavy atom. The van der Waals surface area contributed by atoms with Crippen LogP contribution in [0.1, 0.15) is 53.0 Å². The largest absolute Gasteiger partial charge is 0.449 e. The number of para-hydroxylation sites is 1. The van der Waals surface area contributed by atoms with Crippen LogP contribution in [0, 0.1) is 18.3 Å². The molecule has 3 aromatic rings. The standard InChI is InChI=1S/C21H18N4O4/c1-11-18-15(9-17(13-7-8-13)24-20(18)29-25-11)21(27)28-12(2)19(26)23-16-6-4-3-5-14(16)10-22/h3-6,9,12-13H,7-8H2,1-2H3,(H,23,26). The first-order valence-electron chi connectivity index (χ1n) is 9.26. The first-order valence-corrected chi connectivity index (χ1v) is 9.26. The summed E-state index contributed by atoms with van der Waals surface area (Å²) in [6, 6.07) is 10.3. The van der Waals surface area contributed by atoms with E-state index in [-0.39, 0.29) is 5.56 Å². The van der Waals surface area contributed by atoms with Gasteiger partial charge in [0.1, 0.15) is 6.07 Å². The number of pyridine rings is 1. The summed E-state index contributed by atoms with van der Waals surface area (Å²) in [6.07, 6.45) is 0.955. The predicted octanol–water partition coefficient (Wildman–Crippen LogP) is 3.46. The van der Waals surface area contributed by atoms with Crippen molar-refractivity contribution in [1.29, 1.82) is 5.26 Å². The van der Waals surface area contributed by atoms with E-state index in [9.17, 15) is 9.59 Å². The summed E-state index contributed by atoms with van der Waals surface area (Å²) >= 11 is 0. The van der Waals surface area contributed by atoms with Crippen LogP contribution in [0.15, 0.2) is 34.9 Å². The summed E-state index contributed by atoms with van der Waals surface area (Å²) in [4.78, 5) is 29.8. The first kappa shape index (κ1) is 18.6. The molecule has 1 aliphatic rings. The Balaban J connectivity index is 1.55. The van der Waals surface area contributed by atoms with Gasteiger partial charge in [-0.1, -0.05) is 17.3 Å². The van der Waals surface area contributed by atoms with E-state index >= 15 is 0 Å². The lowest BCUT2D eigenvalue weighted by Crippen LogP contribution is -2.30. The maximum Gasteiger partial charge on any atom is 0.339 e. The maximum absolute atomic E-state index is 12.8. The minimum absolute atomic E-state index is 0.285. The zero-order valence-electron chi connectivity index (χ0n) is 15.9. The molecule has 0 aliphatic heterocycles. The number of aromatic nitrogens is 2. The molecule has 2 aromatic heterocycles. The number of amides is 1.